The topological polar surface area (TPSA) is 33.1 Å². The molecule has 1 aromatic heterocycles. The quantitative estimate of drug-likeness (QED) is 0.601. The van der Waals surface area contributed by atoms with Crippen LogP contribution >= 0.6 is 0 Å². The van der Waals surface area contributed by atoms with Crippen molar-refractivity contribution in [3.8, 4) is 0 Å². The molecule has 0 fully saturated rings. The molecule has 0 unspecified atom stereocenters. The molecule has 0 saturated heterocycles. The highest BCUT2D eigenvalue weighted by atomic mass is 16.3. The van der Waals surface area contributed by atoms with Gasteiger partial charge in [-0.05, 0) is 18.6 Å². The molecule has 47 valence electrons. The summed E-state index contributed by atoms with van der Waals surface area (Å²) < 4.78 is 0. The third kappa shape index (κ3) is 1.50. The second-order valence-corrected chi connectivity index (χ2v) is 1.80. The van der Waals surface area contributed by atoms with Crippen molar-refractivity contribution in [2.75, 3.05) is 0 Å². The van der Waals surface area contributed by atoms with E-state index in [1.807, 2.05) is 0 Å². The third-order valence-electron chi connectivity index (χ3n) is 1.07. The Morgan fingerprint density at radius 2 is 2.44 bits per heavy atom. The van der Waals surface area contributed by atoms with Crippen molar-refractivity contribution in [2.24, 2.45) is 0 Å². The summed E-state index contributed by atoms with van der Waals surface area (Å²) in [5.41, 5.74) is 0.748. The van der Waals surface area contributed by atoms with Crippen LogP contribution in [0.1, 0.15) is 11.7 Å². The van der Waals surface area contributed by atoms with E-state index in [2.05, 4.69) is 11.9 Å². The minimum Gasteiger partial charge on any atom is -0.388 e. The Morgan fingerprint density at radius 3 is 2.78 bits per heavy atom. The van der Waals surface area contributed by atoms with Crippen LogP contribution in [-0.4, -0.2) is 10.1 Å². The Kier molecular flexibility index (Phi) is 1.80. The van der Waals surface area contributed by atoms with Gasteiger partial charge in [0.15, 0.2) is 0 Å². The summed E-state index contributed by atoms with van der Waals surface area (Å²) in [6.45, 7) is 3.42. The van der Waals surface area contributed by atoms with Crippen molar-refractivity contribution in [2.45, 2.75) is 6.10 Å². The Balaban J connectivity index is 2.85. The fraction of sp³-hybridized carbons (Fsp3) is 0.143. The molecule has 0 aliphatic carbocycles. The fourth-order valence-electron chi connectivity index (χ4n) is 0.573. The van der Waals surface area contributed by atoms with Crippen LogP contribution in [0, 0.1) is 6.92 Å². The molecule has 2 nitrogen and oxygen atoms in total. The van der Waals surface area contributed by atoms with Crippen molar-refractivity contribution in [3.63, 3.8) is 0 Å². The van der Waals surface area contributed by atoms with E-state index in [1.54, 1.807) is 24.5 Å². The van der Waals surface area contributed by atoms with E-state index < -0.39 is 6.10 Å². The highest BCUT2D eigenvalue weighted by Gasteiger charge is 1.96. The number of aromatic nitrogens is 1. The highest BCUT2D eigenvalue weighted by molar-refractivity contribution is 5.12. The lowest BCUT2D eigenvalue weighted by atomic mass is 10.2. The zero-order valence-corrected chi connectivity index (χ0v) is 4.99. The van der Waals surface area contributed by atoms with Gasteiger partial charge in [0.1, 0.15) is 0 Å². The zero-order chi connectivity index (χ0) is 6.69. The van der Waals surface area contributed by atoms with Gasteiger partial charge in [0.25, 0.3) is 0 Å². The number of nitrogens with zero attached hydrogens (tertiary/aromatic N) is 1. The van der Waals surface area contributed by atoms with E-state index in [4.69, 9.17) is 5.11 Å². The van der Waals surface area contributed by atoms with Gasteiger partial charge in [-0.1, -0.05) is 6.07 Å². The van der Waals surface area contributed by atoms with Crippen LogP contribution in [0.4, 0.5) is 0 Å². The maximum atomic E-state index is 8.87. The van der Waals surface area contributed by atoms with Gasteiger partial charge in [-0.3, -0.25) is 4.98 Å². The number of aliphatic hydroxyl groups is 1. The van der Waals surface area contributed by atoms with E-state index in [9.17, 15) is 0 Å². The summed E-state index contributed by atoms with van der Waals surface area (Å²) in [6.07, 6.45) is 2.60. The van der Waals surface area contributed by atoms with Crippen molar-refractivity contribution in [1.82, 2.24) is 4.98 Å². The second-order valence-electron chi connectivity index (χ2n) is 1.80. The van der Waals surface area contributed by atoms with Gasteiger partial charge in [0, 0.05) is 12.4 Å². The molecule has 1 atom stereocenters. The second kappa shape index (κ2) is 2.60. The molecule has 0 aliphatic rings. The largest absolute Gasteiger partial charge is 0.388 e. The average Bonchev–Trinajstić information content (AvgIpc) is 1.90. The first-order valence-electron chi connectivity index (χ1n) is 2.72. The molecule has 1 heterocycles. The Labute approximate surface area is 54.2 Å². The summed E-state index contributed by atoms with van der Waals surface area (Å²) in [6, 6.07) is 3.55. The molecule has 9 heavy (non-hydrogen) atoms. The molecule has 1 radical (unpaired) electrons. The zero-order valence-electron chi connectivity index (χ0n) is 4.99. The number of pyridine rings is 1. The van der Waals surface area contributed by atoms with Gasteiger partial charge in [-0.15, -0.1) is 0 Å². The van der Waals surface area contributed by atoms with Crippen LogP contribution in [0.25, 0.3) is 0 Å². The van der Waals surface area contributed by atoms with Gasteiger partial charge in [0.05, 0.1) is 6.10 Å². The summed E-state index contributed by atoms with van der Waals surface area (Å²) in [5, 5.41) is 8.87. The molecule has 0 aromatic carbocycles. The minimum atomic E-state index is -0.654. The predicted molar refractivity (Wildman–Crippen MR) is 34.6 cm³/mol. The van der Waals surface area contributed by atoms with Gasteiger partial charge in [-0.25, -0.2) is 0 Å². The van der Waals surface area contributed by atoms with E-state index in [0.717, 1.165) is 5.56 Å². The highest BCUT2D eigenvalue weighted by Crippen LogP contribution is 2.06. The number of aliphatic hydroxyl groups excluding tert-OH is 1. The lowest BCUT2D eigenvalue weighted by molar-refractivity contribution is 0.225. The van der Waals surface area contributed by atoms with Crippen molar-refractivity contribution < 1.29 is 5.11 Å². The molecule has 0 bridgehead atoms. The summed E-state index contributed by atoms with van der Waals surface area (Å²) in [7, 11) is 0. The average molecular weight is 122 g/mol. The summed E-state index contributed by atoms with van der Waals surface area (Å²) >= 11 is 0. The SMILES string of the molecule is [CH2][C@@H](O)c1cccnc1. The molecule has 1 N–H and O–H groups in total. The lowest BCUT2D eigenvalue weighted by Gasteiger charge is -1.99. The number of hydrogen-bond donors (Lipinski definition) is 1. The first kappa shape index (κ1) is 6.23. The normalized spacial score (nSPS) is 13.1. The molecule has 1 rings (SSSR count). The minimum absolute atomic E-state index is 0.654. The number of rotatable bonds is 1. The first-order chi connectivity index (χ1) is 4.30. The molecule has 0 spiro atoms. The van der Waals surface area contributed by atoms with E-state index in [-0.39, 0.29) is 0 Å². The van der Waals surface area contributed by atoms with Crippen LogP contribution in [0.2, 0.25) is 0 Å². The first-order valence-corrected chi connectivity index (χ1v) is 2.72. The molecule has 0 aliphatic heterocycles. The smallest absolute Gasteiger partial charge is 0.0806 e. The van der Waals surface area contributed by atoms with Crippen molar-refractivity contribution in [3.05, 3.63) is 37.0 Å². The third-order valence-corrected chi connectivity index (χ3v) is 1.07. The van der Waals surface area contributed by atoms with Crippen LogP contribution in [0.3, 0.4) is 0 Å². The lowest BCUT2D eigenvalue weighted by Crippen LogP contribution is -1.90. The summed E-state index contributed by atoms with van der Waals surface area (Å²) in [5.74, 6) is 0. The predicted octanol–water partition coefficient (Wildman–Crippen LogP) is 0.949. The molecule has 1 aromatic rings. The Bertz CT molecular complexity index is 172. The molecule has 2 heteroatoms. The van der Waals surface area contributed by atoms with Crippen molar-refractivity contribution in [1.29, 1.82) is 0 Å². The number of hydrogen-bond acceptors (Lipinski definition) is 2. The summed E-state index contributed by atoms with van der Waals surface area (Å²) in [4.78, 5) is 3.81. The van der Waals surface area contributed by atoms with Gasteiger partial charge in [-0.2, -0.15) is 0 Å². The fourth-order valence-corrected chi connectivity index (χ4v) is 0.573. The van der Waals surface area contributed by atoms with E-state index in [1.165, 1.54) is 0 Å². The Morgan fingerprint density at radius 1 is 1.67 bits per heavy atom. The van der Waals surface area contributed by atoms with Gasteiger partial charge >= 0.3 is 0 Å². The molecular formula is C7H8NO. The standard InChI is InChI=1S/C7H8NO/c1-6(9)7-3-2-4-8-5-7/h2-6,9H,1H2/t6-/m1/s1. The Hall–Kier alpha value is -0.890. The maximum Gasteiger partial charge on any atom is 0.0806 e. The van der Waals surface area contributed by atoms with Crippen LogP contribution in [0.15, 0.2) is 24.5 Å². The van der Waals surface area contributed by atoms with E-state index in [0.29, 0.717) is 0 Å². The maximum absolute atomic E-state index is 8.87. The van der Waals surface area contributed by atoms with Crippen LogP contribution in [0.5, 0.6) is 0 Å². The van der Waals surface area contributed by atoms with Gasteiger partial charge in [0.2, 0.25) is 0 Å². The van der Waals surface area contributed by atoms with Gasteiger partial charge < -0.3 is 5.11 Å². The monoisotopic (exact) mass is 122 g/mol. The van der Waals surface area contributed by atoms with Crippen LogP contribution in [-0.2, 0) is 0 Å². The molecular weight excluding hydrogens is 114 g/mol. The van der Waals surface area contributed by atoms with Crippen molar-refractivity contribution >= 4 is 0 Å². The molecule has 0 saturated carbocycles. The molecule has 0 amide bonds. The van der Waals surface area contributed by atoms with E-state index >= 15 is 0 Å². The van der Waals surface area contributed by atoms with Crippen LogP contribution < -0.4 is 0 Å².